The molecule has 0 aliphatic carbocycles. The molecule has 0 bridgehead atoms. The maximum atomic E-state index is 12.3. The first-order valence-corrected chi connectivity index (χ1v) is 6.91. The molecule has 1 fully saturated rings. The lowest BCUT2D eigenvalue weighted by atomic mass is 10.1. The number of hydrogen-bond donors (Lipinski definition) is 2. The van der Waals surface area contributed by atoms with Crippen molar-refractivity contribution >= 4 is 5.91 Å². The van der Waals surface area contributed by atoms with E-state index in [9.17, 15) is 4.79 Å². The summed E-state index contributed by atoms with van der Waals surface area (Å²) in [5.74, 6) is 0.607. The molecule has 1 aliphatic rings. The van der Waals surface area contributed by atoms with E-state index in [2.05, 4.69) is 10.6 Å². The van der Waals surface area contributed by atoms with E-state index in [1.54, 1.807) is 19.2 Å². The molecule has 110 valence electrons. The third-order valence-electron chi connectivity index (χ3n) is 3.25. The van der Waals surface area contributed by atoms with Crippen LogP contribution in [0.4, 0.5) is 0 Å². The Morgan fingerprint density at radius 1 is 1.40 bits per heavy atom. The van der Waals surface area contributed by atoms with Gasteiger partial charge in [0.1, 0.15) is 5.75 Å². The van der Waals surface area contributed by atoms with Gasteiger partial charge in [0.15, 0.2) is 0 Å². The zero-order valence-electron chi connectivity index (χ0n) is 12.2. The number of carbonyl (C=O) groups excluding carboxylic acids is 1. The van der Waals surface area contributed by atoms with Crippen LogP contribution in [0.5, 0.6) is 5.75 Å². The second-order valence-corrected chi connectivity index (χ2v) is 5.21. The summed E-state index contributed by atoms with van der Waals surface area (Å²) in [5, 5.41) is 6.20. The van der Waals surface area contributed by atoms with Crippen LogP contribution in [0, 0.1) is 0 Å². The predicted octanol–water partition coefficient (Wildman–Crippen LogP) is 1.19. The molecule has 0 saturated carbocycles. The van der Waals surface area contributed by atoms with Crippen molar-refractivity contribution in [3.63, 3.8) is 0 Å². The average Bonchev–Trinajstić information content (AvgIpc) is 2.85. The highest BCUT2D eigenvalue weighted by molar-refractivity contribution is 5.94. The first-order valence-electron chi connectivity index (χ1n) is 6.91. The van der Waals surface area contributed by atoms with Crippen LogP contribution in [0.2, 0.25) is 0 Å². The molecule has 1 heterocycles. The van der Waals surface area contributed by atoms with Crippen molar-refractivity contribution in [2.45, 2.75) is 32.1 Å². The monoisotopic (exact) mass is 278 g/mol. The van der Waals surface area contributed by atoms with Crippen molar-refractivity contribution in [3.05, 3.63) is 29.8 Å². The predicted molar refractivity (Wildman–Crippen MR) is 77.1 cm³/mol. The molecule has 0 aromatic heterocycles. The fraction of sp³-hybridized carbons (Fsp3) is 0.533. The third-order valence-corrected chi connectivity index (χ3v) is 3.25. The second kappa shape index (κ2) is 6.72. The largest absolute Gasteiger partial charge is 0.491 e. The van der Waals surface area contributed by atoms with Gasteiger partial charge in [-0.25, -0.2) is 0 Å². The lowest BCUT2D eigenvalue weighted by molar-refractivity contribution is 0.0779. The highest BCUT2D eigenvalue weighted by Gasteiger charge is 2.28. The van der Waals surface area contributed by atoms with Crippen LogP contribution in [-0.4, -0.2) is 44.4 Å². The quantitative estimate of drug-likeness (QED) is 0.849. The second-order valence-electron chi connectivity index (χ2n) is 5.21. The van der Waals surface area contributed by atoms with E-state index in [0.717, 1.165) is 13.1 Å². The van der Waals surface area contributed by atoms with Gasteiger partial charge in [-0.3, -0.25) is 4.79 Å². The zero-order chi connectivity index (χ0) is 14.5. The van der Waals surface area contributed by atoms with Crippen LogP contribution in [0.15, 0.2) is 24.3 Å². The maximum Gasteiger partial charge on any atom is 0.251 e. The number of nitrogens with one attached hydrogen (secondary N) is 2. The van der Waals surface area contributed by atoms with Gasteiger partial charge in [-0.2, -0.15) is 0 Å². The summed E-state index contributed by atoms with van der Waals surface area (Å²) in [4.78, 5) is 12.3. The molecule has 0 radical (unpaired) electrons. The Morgan fingerprint density at radius 3 is 2.90 bits per heavy atom. The maximum absolute atomic E-state index is 12.3. The lowest BCUT2D eigenvalue weighted by Gasteiger charge is -2.19. The van der Waals surface area contributed by atoms with Crippen molar-refractivity contribution in [1.29, 1.82) is 0 Å². The number of amides is 1. The van der Waals surface area contributed by atoms with E-state index in [1.165, 1.54) is 0 Å². The van der Waals surface area contributed by atoms with Gasteiger partial charge in [0.05, 0.1) is 18.2 Å². The van der Waals surface area contributed by atoms with E-state index in [0.29, 0.717) is 11.3 Å². The normalized spacial score (nSPS) is 22.0. The topological polar surface area (TPSA) is 59.6 Å². The zero-order valence-corrected chi connectivity index (χ0v) is 12.2. The molecule has 1 amide bonds. The van der Waals surface area contributed by atoms with E-state index in [4.69, 9.17) is 9.47 Å². The van der Waals surface area contributed by atoms with Crippen molar-refractivity contribution in [3.8, 4) is 5.75 Å². The fourth-order valence-corrected chi connectivity index (χ4v) is 2.28. The summed E-state index contributed by atoms with van der Waals surface area (Å²) in [6, 6.07) is 7.23. The van der Waals surface area contributed by atoms with E-state index >= 15 is 0 Å². The molecule has 2 rings (SSSR count). The molecule has 1 aromatic rings. The highest BCUT2D eigenvalue weighted by atomic mass is 16.5. The number of benzene rings is 1. The SMILES string of the molecule is CO[C@H]1CNCC1NC(=O)c1cccc(OC(C)C)c1. The first-order chi connectivity index (χ1) is 9.60. The molecule has 2 N–H and O–H groups in total. The molecular formula is C15H22N2O3. The van der Waals surface area contributed by atoms with Gasteiger partial charge in [-0.1, -0.05) is 6.07 Å². The Bertz CT molecular complexity index is 462. The van der Waals surface area contributed by atoms with Crippen LogP contribution in [0.3, 0.4) is 0 Å². The van der Waals surface area contributed by atoms with Gasteiger partial charge < -0.3 is 20.1 Å². The average molecular weight is 278 g/mol. The Balaban J connectivity index is 2.01. The Kier molecular flexibility index (Phi) is 4.98. The number of rotatable bonds is 5. The summed E-state index contributed by atoms with van der Waals surface area (Å²) < 4.78 is 10.9. The Hall–Kier alpha value is -1.59. The van der Waals surface area contributed by atoms with Crippen LogP contribution in [0.25, 0.3) is 0 Å². The minimum Gasteiger partial charge on any atom is -0.491 e. The summed E-state index contributed by atoms with van der Waals surface area (Å²) in [5.41, 5.74) is 0.602. The van der Waals surface area contributed by atoms with E-state index < -0.39 is 0 Å². The molecule has 1 aromatic carbocycles. The minimum atomic E-state index is -0.102. The number of ether oxygens (including phenoxy) is 2. The molecule has 5 heteroatoms. The minimum absolute atomic E-state index is 0.00201. The summed E-state index contributed by atoms with van der Waals surface area (Å²) in [6.07, 6.45) is 0.110. The third kappa shape index (κ3) is 3.71. The van der Waals surface area contributed by atoms with Crippen LogP contribution in [-0.2, 0) is 4.74 Å². The van der Waals surface area contributed by atoms with Gasteiger partial charge >= 0.3 is 0 Å². The molecule has 0 spiro atoms. The molecule has 20 heavy (non-hydrogen) atoms. The number of hydrogen-bond acceptors (Lipinski definition) is 4. The van der Waals surface area contributed by atoms with Crippen molar-refractivity contribution in [2.75, 3.05) is 20.2 Å². The molecule has 1 saturated heterocycles. The molecular weight excluding hydrogens is 256 g/mol. The van der Waals surface area contributed by atoms with Gasteiger partial charge in [0.25, 0.3) is 5.91 Å². The van der Waals surface area contributed by atoms with E-state index in [1.807, 2.05) is 26.0 Å². The van der Waals surface area contributed by atoms with Gasteiger partial charge in [-0.15, -0.1) is 0 Å². The van der Waals surface area contributed by atoms with Gasteiger partial charge in [0, 0.05) is 25.8 Å². The lowest BCUT2D eigenvalue weighted by Crippen LogP contribution is -2.43. The van der Waals surface area contributed by atoms with Gasteiger partial charge in [-0.05, 0) is 32.0 Å². The van der Waals surface area contributed by atoms with Crippen LogP contribution >= 0.6 is 0 Å². The standard InChI is InChI=1S/C15H22N2O3/c1-10(2)20-12-6-4-5-11(7-12)15(18)17-13-8-16-9-14(13)19-3/h4-7,10,13-14,16H,8-9H2,1-3H3,(H,17,18)/t13?,14-/m0/s1. The van der Waals surface area contributed by atoms with Crippen molar-refractivity contribution in [2.24, 2.45) is 0 Å². The first kappa shape index (κ1) is 14.8. The molecule has 1 aliphatic heterocycles. The Labute approximate surface area is 119 Å². The molecule has 5 nitrogen and oxygen atoms in total. The molecule has 2 atom stereocenters. The number of methoxy groups -OCH3 is 1. The van der Waals surface area contributed by atoms with Crippen LogP contribution in [0.1, 0.15) is 24.2 Å². The van der Waals surface area contributed by atoms with Crippen molar-refractivity contribution in [1.82, 2.24) is 10.6 Å². The van der Waals surface area contributed by atoms with Crippen LogP contribution < -0.4 is 15.4 Å². The summed E-state index contributed by atoms with van der Waals surface area (Å²) in [6.45, 7) is 5.41. The Morgan fingerprint density at radius 2 is 2.20 bits per heavy atom. The summed E-state index contributed by atoms with van der Waals surface area (Å²) >= 11 is 0. The smallest absolute Gasteiger partial charge is 0.251 e. The molecule has 1 unspecified atom stereocenters. The highest BCUT2D eigenvalue weighted by Crippen LogP contribution is 2.15. The van der Waals surface area contributed by atoms with Crippen molar-refractivity contribution < 1.29 is 14.3 Å². The fourth-order valence-electron chi connectivity index (χ4n) is 2.28. The van der Waals surface area contributed by atoms with Gasteiger partial charge in [0.2, 0.25) is 0 Å². The van der Waals surface area contributed by atoms with E-state index in [-0.39, 0.29) is 24.2 Å². The summed E-state index contributed by atoms with van der Waals surface area (Å²) in [7, 11) is 1.66. The number of carbonyl (C=O) groups is 1.